The van der Waals surface area contributed by atoms with Crippen LogP contribution in [-0.2, 0) is 23.2 Å². The van der Waals surface area contributed by atoms with Crippen molar-refractivity contribution in [2.45, 2.75) is 44.1 Å². The van der Waals surface area contributed by atoms with Crippen molar-refractivity contribution < 1.29 is 19.4 Å². The first-order chi connectivity index (χ1) is 15.5. The number of hydrogen-bond acceptors (Lipinski definition) is 5. The normalized spacial score (nSPS) is 15.3. The molecule has 1 heterocycles. The molecule has 0 radical (unpaired) electrons. The predicted octanol–water partition coefficient (Wildman–Crippen LogP) is 3.67. The number of benzene rings is 2. The van der Waals surface area contributed by atoms with E-state index in [1.807, 2.05) is 60.7 Å². The van der Waals surface area contributed by atoms with E-state index >= 15 is 0 Å². The van der Waals surface area contributed by atoms with Gasteiger partial charge in [-0.15, -0.1) is 0 Å². The maximum atomic E-state index is 12.8. The predicted molar refractivity (Wildman–Crippen MR) is 118 cm³/mol. The summed E-state index contributed by atoms with van der Waals surface area (Å²) in [7, 11) is 0. The van der Waals surface area contributed by atoms with Gasteiger partial charge >= 0.3 is 5.97 Å². The molecule has 4 rings (SSSR count). The highest BCUT2D eigenvalue weighted by molar-refractivity contribution is 5.88. The Morgan fingerprint density at radius 3 is 2.25 bits per heavy atom. The number of carbonyl (C=O) groups is 2. The highest BCUT2D eigenvalue weighted by Gasteiger charge is 2.37. The lowest BCUT2D eigenvalue weighted by Crippen LogP contribution is -2.36. The molecule has 7 heteroatoms. The van der Waals surface area contributed by atoms with Crippen LogP contribution in [0.4, 0.5) is 0 Å². The Hall–Kier alpha value is -3.74. The summed E-state index contributed by atoms with van der Waals surface area (Å²) >= 11 is 0. The van der Waals surface area contributed by atoms with Gasteiger partial charge in [-0.25, -0.2) is 9.78 Å². The summed E-state index contributed by atoms with van der Waals surface area (Å²) in [5.74, 6) is -1.14. The van der Waals surface area contributed by atoms with E-state index in [2.05, 4.69) is 9.97 Å². The van der Waals surface area contributed by atoms with E-state index in [0.29, 0.717) is 32.1 Å². The number of rotatable bonds is 7. The molecule has 1 aromatic heterocycles. The molecule has 2 aromatic carbocycles. The zero-order chi connectivity index (χ0) is 22.6. The van der Waals surface area contributed by atoms with Crippen LogP contribution in [0.3, 0.4) is 0 Å². The maximum absolute atomic E-state index is 12.8. The van der Waals surface area contributed by atoms with E-state index in [4.69, 9.17) is 4.74 Å². The zero-order valence-electron chi connectivity index (χ0n) is 17.5. The highest BCUT2D eigenvalue weighted by atomic mass is 16.5. The minimum Gasteiger partial charge on any atom is -0.481 e. The molecule has 1 fully saturated rings. The molecule has 0 bridgehead atoms. The van der Waals surface area contributed by atoms with Crippen LogP contribution in [0.1, 0.15) is 53.1 Å². The van der Waals surface area contributed by atoms with E-state index in [0.717, 1.165) is 11.1 Å². The zero-order valence-corrected chi connectivity index (χ0v) is 17.5. The first-order valence-corrected chi connectivity index (χ1v) is 10.6. The van der Waals surface area contributed by atoms with Gasteiger partial charge in [-0.05, 0) is 24.0 Å². The first-order valence-electron chi connectivity index (χ1n) is 10.6. The van der Waals surface area contributed by atoms with Crippen LogP contribution >= 0.6 is 0 Å². The molecule has 0 spiro atoms. The van der Waals surface area contributed by atoms with Gasteiger partial charge in [0.25, 0.3) is 5.56 Å². The van der Waals surface area contributed by atoms with Crippen LogP contribution in [0.15, 0.2) is 65.5 Å². The number of ketones is 1. The van der Waals surface area contributed by atoms with Gasteiger partial charge < -0.3 is 14.8 Å². The summed E-state index contributed by atoms with van der Waals surface area (Å²) in [6.45, 7) is 0.0568. The van der Waals surface area contributed by atoms with Crippen molar-refractivity contribution in [1.82, 2.24) is 9.97 Å². The second kappa shape index (κ2) is 9.18. The second-order valence-electron chi connectivity index (χ2n) is 8.13. The summed E-state index contributed by atoms with van der Waals surface area (Å²) < 4.78 is 5.55. The molecule has 1 aliphatic rings. The van der Waals surface area contributed by atoms with Crippen LogP contribution in [0.5, 0.6) is 5.75 Å². The highest BCUT2D eigenvalue weighted by Crippen LogP contribution is 2.40. The molecule has 32 heavy (non-hydrogen) atoms. The molecule has 1 aliphatic carbocycles. The average Bonchev–Trinajstić information content (AvgIpc) is 2.81. The minimum atomic E-state index is -1.33. The topological polar surface area (TPSA) is 109 Å². The number of carbonyl (C=O) groups excluding carboxylic acids is 1. The van der Waals surface area contributed by atoms with Crippen LogP contribution in [0, 0.1) is 0 Å². The number of nitrogens with zero attached hydrogens (tertiary/aromatic N) is 1. The SMILES string of the molecule is O=C1CCC(Cc2nc(C(=O)O)c(OCc3ccccc3)c(=O)[nH]2)(c2ccccc2)CC1. The van der Waals surface area contributed by atoms with E-state index in [9.17, 15) is 19.5 Å². The van der Waals surface area contributed by atoms with Gasteiger partial charge in [-0.3, -0.25) is 9.59 Å². The molecule has 1 saturated carbocycles. The standard InChI is InChI=1S/C25H24N2O5/c28-19-11-13-25(14-12-19,18-9-5-2-6-10-18)15-20-26-21(24(30)31)22(23(29)27-20)32-16-17-7-3-1-4-8-17/h1-10H,11-16H2,(H,30,31)(H,26,27,29). The number of carboxylic acid groups (broad SMARTS) is 1. The number of aromatic amines is 1. The number of ether oxygens (including phenoxy) is 1. The second-order valence-corrected chi connectivity index (χ2v) is 8.13. The summed E-state index contributed by atoms with van der Waals surface area (Å²) in [5.41, 5.74) is 0.430. The average molecular weight is 432 g/mol. The van der Waals surface area contributed by atoms with Crippen molar-refractivity contribution in [2.75, 3.05) is 0 Å². The molecule has 0 atom stereocenters. The van der Waals surface area contributed by atoms with E-state index in [-0.39, 0.29) is 24.0 Å². The van der Waals surface area contributed by atoms with Crippen LogP contribution in [0.2, 0.25) is 0 Å². The molecule has 0 aliphatic heterocycles. The van der Waals surface area contributed by atoms with Gasteiger partial charge in [0.15, 0.2) is 5.69 Å². The third-order valence-corrected chi connectivity index (χ3v) is 6.01. The number of H-pyrrole nitrogens is 1. The van der Waals surface area contributed by atoms with Crippen molar-refractivity contribution in [1.29, 1.82) is 0 Å². The fourth-order valence-corrected chi connectivity index (χ4v) is 4.29. The summed E-state index contributed by atoms with van der Waals surface area (Å²) in [6, 6.07) is 19.0. The van der Waals surface area contributed by atoms with Gasteiger partial charge in [-0.1, -0.05) is 60.7 Å². The van der Waals surface area contributed by atoms with Crippen molar-refractivity contribution in [2.24, 2.45) is 0 Å². The Morgan fingerprint density at radius 2 is 1.62 bits per heavy atom. The monoisotopic (exact) mass is 432 g/mol. The van der Waals surface area contributed by atoms with Gasteiger partial charge in [0.2, 0.25) is 5.75 Å². The lowest BCUT2D eigenvalue weighted by Gasteiger charge is -2.37. The van der Waals surface area contributed by atoms with Crippen LogP contribution in [0.25, 0.3) is 0 Å². The third kappa shape index (κ3) is 4.61. The van der Waals surface area contributed by atoms with Crippen molar-refractivity contribution in [3.8, 4) is 5.75 Å². The molecule has 0 unspecified atom stereocenters. The number of nitrogens with one attached hydrogen (secondary N) is 1. The Kier molecular flexibility index (Phi) is 6.16. The molecule has 0 amide bonds. The smallest absolute Gasteiger partial charge is 0.358 e. The lowest BCUT2D eigenvalue weighted by molar-refractivity contribution is -0.121. The maximum Gasteiger partial charge on any atom is 0.358 e. The fraction of sp³-hybridized carbons (Fsp3) is 0.280. The Bertz CT molecular complexity index is 1160. The summed E-state index contributed by atoms with van der Waals surface area (Å²) in [6.07, 6.45) is 2.47. The first kappa shape index (κ1) is 21.5. The molecular weight excluding hydrogens is 408 g/mol. The quantitative estimate of drug-likeness (QED) is 0.590. The summed E-state index contributed by atoms with van der Waals surface area (Å²) in [5, 5.41) is 9.69. The Labute approximate surface area is 185 Å². The molecule has 164 valence electrons. The molecule has 2 N–H and O–H groups in total. The fourth-order valence-electron chi connectivity index (χ4n) is 4.29. The minimum absolute atomic E-state index is 0.0568. The Morgan fingerprint density at radius 1 is 1.00 bits per heavy atom. The number of carboxylic acids is 1. The number of aromatic nitrogens is 2. The number of Topliss-reactive ketones (excluding diaryl/α,β-unsaturated/α-hetero) is 1. The van der Waals surface area contributed by atoms with Gasteiger partial charge in [-0.2, -0.15) is 0 Å². The van der Waals surface area contributed by atoms with Crippen LogP contribution < -0.4 is 10.3 Å². The van der Waals surface area contributed by atoms with Gasteiger partial charge in [0.1, 0.15) is 18.2 Å². The number of hydrogen-bond donors (Lipinski definition) is 2. The van der Waals surface area contributed by atoms with E-state index < -0.39 is 22.6 Å². The molecule has 3 aromatic rings. The Balaban J connectivity index is 1.66. The van der Waals surface area contributed by atoms with E-state index in [1.165, 1.54) is 0 Å². The molecular formula is C25H24N2O5. The van der Waals surface area contributed by atoms with Crippen molar-refractivity contribution >= 4 is 11.8 Å². The summed E-state index contributed by atoms with van der Waals surface area (Å²) in [4.78, 5) is 43.5. The van der Waals surface area contributed by atoms with Crippen LogP contribution in [-0.4, -0.2) is 26.8 Å². The molecule has 0 saturated heterocycles. The number of aromatic carboxylic acids is 1. The third-order valence-electron chi connectivity index (χ3n) is 6.01. The van der Waals surface area contributed by atoms with E-state index in [1.54, 1.807) is 0 Å². The van der Waals surface area contributed by atoms with Crippen molar-refractivity contribution in [3.05, 3.63) is 93.7 Å². The van der Waals surface area contributed by atoms with Gasteiger partial charge in [0.05, 0.1) is 0 Å². The van der Waals surface area contributed by atoms with Gasteiger partial charge in [0, 0.05) is 24.7 Å². The van der Waals surface area contributed by atoms with Crippen molar-refractivity contribution in [3.63, 3.8) is 0 Å². The lowest BCUT2D eigenvalue weighted by atomic mass is 9.67. The molecule has 7 nitrogen and oxygen atoms in total. The largest absolute Gasteiger partial charge is 0.481 e.